The van der Waals surface area contributed by atoms with E-state index in [1.165, 1.54) is 0 Å². The van der Waals surface area contributed by atoms with Crippen molar-refractivity contribution in [1.29, 1.82) is 5.26 Å². The number of nitrogens with zero attached hydrogens (tertiary/aromatic N) is 2. The molecule has 0 bridgehead atoms. The minimum atomic E-state index is 0.0841. The Balaban J connectivity index is 1.63. The summed E-state index contributed by atoms with van der Waals surface area (Å²) in [6, 6.07) is 10.0. The molecule has 5 nitrogen and oxygen atoms in total. The van der Waals surface area contributed by atoms with Crippen molar-refractivity contribution in [2.75, 3.05) is 26.7 Å². The van der Waals surface area contributed by atoms with E-state index < -0.39 is 0 Å². The fourth-order valence-corrected chi connectivity index (χ4v) is 1.94. The first-order valence-electron chi connectivity index (χ1n) is 7.24. The third-order valence-corrected chi connectivity index (χ3v) is 3.30. The highest BCUT2D eigenvalue weighted by Gasteiger charge is 2.23. The molecule has 1 amide bonds. The number of benzene rings is 1. The van der Waals surface area contributed by atoms with E-state index in [2.05, 4.69) is 11.4 Å². The zero-order valence-corrected chi connectivity index (χ0v) is 12.3. The molecule has 1 aromatic rings. The number of nitriles is 1. The number of ether oxygens (including phenoxy) is 1. The molecule has 0 saturated heterocycles. The van der Waals surface area contributed by atoms with Crippen LogP contribution in [0.4, 0.5) is 0 Å². The molecule has 1 N–H and O–H groups in total. The van der Waals surface area contributed by atoms with Crippen molar-refractivity contribution in [2.45, 2.75) is 25.3 Å². The molecule has 1 fully saturated rings. The fourth-order valence-electron chi connectivity index (χ4n) is 1.94. The average molecular weight is 287 g/mol. The van der Waals surface area contributed by atoms with Crippen molar-refractivity contribution in [3.8, 4) is 11.8 Å². The Kier molecular flexibility index (Phi) is 5.59. The molecule has 0 atom stereocenters. The molecule has 0 radical (unpaired) electrons. The van der Waals surface area contributed by atoms with E-state index in [1.54, 1.807) is 0 Å². The Morgan fingerprint density at radius 2 is 2.14 bits per heavy atom. The lowest BCUT2D eigenvalue weighted by Crippen LogP contribution is -2.37. The van der Waals surface area contributed by atoms with E-state index >= 15 is 0 Å². The van der Waals surface area contributed by atoms with Gasteiger partial charge in [-0.2, -0.15) is 5.26 Å². The van der Waals surface area contributed by atoms with Gasteiger partial charge in [0, 0.05) is 12.6 Å². The summed E-state index contributed by atoms with van der Waals surface area (Å²) in [6.07, 6.45) is 2.64. The highest BCUT2D eigenvalue weighted by atomic mass is 16.5. The Morgan fingerprint density at radius 3 is 2.76 bits per heavy atom. The third-order valence-electron chi connectivity index (χ3n) is 3.30. The molecular weight excluding hydrogens is 266 g/mol. The number of hydrogen-bond donors (Lipinski definition) is 1. The Bertz CT molecular complexity index is 503. The quantitative estimate of drug-likeness (QED) is 0.783. The van der Waals surface area contributed by atoms with Gasteiger partial charge in [0.25, 0.3) is 0 Å². The third kappa shape index (κ3) is 5.84. The van der Waals surface area contributed by atoms with Crippen molar-refractivity contribution >= 4 is 5.91 Å². The van der Waals surface area contributed by atoms with E-state index in [0.29, 0.717) is 32.2 Å². The van der Waals surface area contributed by atoms with Crippen LogP contribution in [0.3, 0.4) is 0 Å². The molecule has 0 unspecified atom stereocenters. The van der Waals surface area contributed by atoms with Crippen LogP contribution in [0, 0.1) is 11.3 Å². The lowest BCUT2D eigenvalue weighted by atomic mass is 10.2. The van der Waals surface area contributed by atoms with Crippen LogP contribution in [0.2, 0.25) is 0 Å². The lowest BCUT2D eigenvalue weighted by Gasteiger charge is -2.16. The number of rotatable bonds is 8. The number of likely N-dealkylation sites (N-methyl/N-ethyl adjacent to an activating group) is 1. The van der Waals surface area contributed by atoms with Crippen LogP contribution < -0.4 is 10.1 Å². The maximum absolute atomic E-state index is 11.6. The standard InChI is InChI=1S/C16H21N3O2/c1-19(12-16(20)18-14-4-5-14)10-11-21-15-6-2-13(3-7-15)8-9-17/h2-3,6-7,14H,4-5,8,10-12H2,1H3,(H,18,20). The monoisotopic (exact) mass is 287 g/mol. The Hall–Kier alpha value is -2.06. The van der Waals surface area contributed by atoms with E-state index in [1.807, 2.05) is 36.2 Å². The molecule has 0 aliphatic heterocycles. The molecule has 2 rings (SSSR count). The van der Waals surface area contributed by atoms with Gasteiger partial charge in [0.2, 0.25) is 5.91 Å². The second kappa shape index (κ2) is 7.65. The number of carbonyl (C=O) groups is 1. The molecule has 0 heterocycles. The molecule has 5 heteroatoms. The van der Waals surface area contributed by atoms with Crippen LogP contribution in [0.25, 0.3) is 0 Å². The zero-order chi connectivity index (χ0) is 15.1. The van der Waals surface area contributed by atoms with Gasteiger partial charge in [0.1, 0.15) is 12.4 Å². The van der Waals surface area contributed by atoms with Crippen LogP contribution >= 0.6 is 0 Å². The van der Waals surface area contributed by atoms with E-state index in [4.69, 9.17) is 10.00 Å². The SMILES string of the molecule is CN(CCOc1ccc(CC#N)cc1)CC(=O)NC1CC1. The minimum Gasteiger partial charge on any atom is -0.492 e. The van der Waals surface area contributed by atoms with Gasteiger partial charge < -0.3 is 10.1 Å². The van der Waals surface area contributed by atoms with Crippen molar-refractivity contribution < 1.29 is 9.53 Å². The molecule has 0 spiro atoms. The van der Waals surface area contributed by atoms with Gasteiger partial charge >= 0.3 is 0 Å². The summed E-state index contributed by atoms with van der Waals surface area (Å²) < 4.78 is 5.63. The fraction of sp³-hybridized carbons (Fsp3) is 0.500. The van der Waals surface area contributed by atoms with Crippen LogP contribution in [0.5, 0.6) is 5.75 Å². The molecule has 1 aliphatic carbocycles. The van der Waals surface area contributed by atoms with Gasteiger partial charge in [-0.1, -0.05) is 12.1 Å². The molecular formula is C16H21N3O2. The van der Waals surface area contributed by atoms with Crippen LogP contribution in [-0.2, 0) is 11.2 Å². The molecule has 1 aromatic carbocycles. The first-order valence-corrected chi connectivity index (χ1v) is 7.24. The van der Waals surface area contributed by atoms with Crippen LogP contribution in [-0.4, -0.2) is 43.6 Å². The van der Waals surface area contributed by atoms with Gasteiger partial charge in [-0.15, -0.1) is 0 Å². The van der Waals surface area contributed by atoms with E-state index in [-0.39, 0.29) is 5.91 Å². The highest BCUT2D eigenvalue weighted by molar-refractivity contribution is 5.78. The highest BCUT2D eigenvalue weighted by Crippen LogP contribution is 2.18. The number of amides is 1. The maximum Gasteiger partial charge on any atom is 0.234 e. The van der Waals surface area contributed by atoms with Crippen molar-refractivity contribution in [3.05, 3.63) is 29.8 Å². The van der Waals surface area contributed by atoms with Crippen molar-refractivity contribution in [3.63, 3.8) is 0 Å². The predicted molar refractivity (Wildman–Crippen MR) is 79.9 cm³/mol. The van der Waals surface area contributed by atoms with Crippen LogP contribution in [0.15, 0.2) is 24.3 Å². The smallest absolute Gasteiger partial charge is 0.234 e. The predicted octanol–water partition coefficient (Wildman–Crippen LogP) is 1.34. The summed E-state index contributed by atoms with van der Waals surface area (Å²) in [5.74, 6) is 0.869. The molecule has 1 saturated carbocycles. The summed E-state index contributed by atoms with van der Waals surface area (Å²) in [4.78, 5) is 13.6. The van der Waals surface area contributed by atoms with E-state index in [0.717, 1.165) is 24.2 Å². The normalized spacial score (nSPS) is 13.8. The first-order chi connectivity index (χ1) is 10.2. The largest absolute Gasteiger partial charge is 0.492 e. The number of carbonyl (C=O) groups excluding carboxylic acids is 1. The van der Waals surface area contributed by atoms with Gasteiger partial charge in [-0.3, -0.25) is 9.69 Å². The summed E-state index contributed by atoms with van der Waals surface area (Å²) >= 11 is 0. The first kappa shape index (κ1) is 15.3. The average Bonchev–Trinajstić information content (AvgIpc) is 3.24. The lowest BCUT2D eigenvalue weighted by molar-refractivity contribution is -0.122. The van der Waals surface area contributed by atoms with Gasteiger partial charge in [0.15, 0.2) is 0 Å². The Morgan fingerprint density at radius 1 is 1.43 bits per heavy atom. The van der Waals surface area contributed by atoms with Crippen LogP contribution in [0.1, 0.15) is 18.4 Å². The van der Waals surface area contributed by atoms with Gasteiger partial charge in [-0.25, -0.2) is 0 Å². The summed E-state index contributed by atoms with van der Waals surface area (Å²) in [5, 5.41) is 11.6. The summed E-state index contributed by atoms with van der Waals surface area (Å²) in [7, 11) is 1.91. The molecule has 112 valence electrons. The number of hydrogen-bond acceptors (Lipinski definition) is 4. The summed E-state index contributed by atoms with van der Waals surface area (Å²) in [6.45, 7) is 1.63. The second-order valence-electron chi connectivity index (χ2n) is 5.41. The zero-order valence-electron chi connectivity index (χ0n) is 12.3. The summed E-state index contributed by atoms with van der Waals surface area (Å²) in [5.41, 5.74) is 0.985. The van der Waals surface area contributed by atoms with E-state index in [9.17, 15) is 4.79 Å². The Labute approximate surface area is 125 Å². The molecule has 21 heavy (non-hydrogen) atoms. The topological polar surface area (TPSA) is 65.4 Å². The maximum atomic E-state index is 11.6. The second-order valence-corrected chi connectivity index (χ2v) is 5.41. The van der Waals surface area contributed by atoms with Gasteiger partial charge in [-0.05, 0) is 37.6 Å². The van der Waals surface area contributed by atoms with Gasteiger partial charge in [0.05, 0.1) is 19.0 Å². The van der Waals surface area contributed by atoms with Crippen molar-refractivity contribution in [2.24, 2.45) is 0 Å². The molecule has 0 aromatic heterocycles. The molecule has 1 aliphatic rings. The van der Waals surface area contributed by atoms with Crippen molar-refractivity contribution in [1.82, 2.24) is 10.2 Å². The minimum absolute atomic E-state index is 0.0841. The number of nitrogens with one attached hydrogen (secondary N) is 1.